The lowest BCUT2D eigenvalue weighted by atomic mass is 10.4. The third kappa shape index (κ3) is 22.5. The molecule has 0 aliphatic heterocycles. The lowest BCUT2D eigenvalue weighted by molar-refractivity contribution is 0.0982. The van der Waals surface area contributed by atoms with Gasteiger partial charge in [-0.25, -0.2) is 0 Å². The van der Waals surface area contributed by atoms with Crippen molar-refractivity contribution < 1.29 is 17.8 Å². The SMILES string of the molecule is CCCC.CCONS(=O)(=O)O. The second-order valence-electron chi connectivity index (χ2n) is 1.99. The largest absolute Gasteiger partial charge is 0.355 e. The van der Waals surface area contributed by atoms with Crippen LogP contribution in [0.25, 0.3) is 0 Å². The third-order valence-corrected chi connectivity index (χ3v) is 1.14. The fourth-order valence-electron chi connectivity index (χ4n) is 0.133. The Bertz CT molecular complexity index is 164. The van der Waals surface area contributed by atoms with Crippen LogP contribution in [-0.2, 0) is 15.1 Å². The maximum Gasteiger partial charge on any atom is 0.355 e. The van der Waals surface area contributed by atoms with Crippen LogP contribution in [0, 0.1) is 0 Å². The van der Waals surface area contributed by atoms with Gasteiger partial charge in [0.25, 0.3) is 0 Å². The first kappa shape index (κ1) is 14.4. The molecule has 5 nitrogen and oxygen atoms in total. The van der Waals surface area contributed by atoms with Crippen molar-refractivity contribution in [2.45, 2.75) is 33.6 Å². The number of nitrogens with one attached hydrogen (secondary N) is 1. The van der Waals surface area contributed by atoms with Gasteiger partial charge in [-0.3, -0.25) is 9.39 Å². The van der Waals surface area contributed by atoms with Crippen molar-refractivity contribution >= 4 is 10.3 Å². The molecule has 6 heteroatoms. The normalized spacial score (nSPS) is 10.3. The first-order valence-corrected chi connectivity index (χ1v) is 5.27. The molecule has 0 aliphatic rings. The predicted octanol–water partition coefficient (Wildman–Crippen LogP) is 1.14. The summed E-state index contributed by atoms with van der Waals surface area (Å²) in [6, 6.07) is 0. The molecule has 12 heavy (non-hydrogen) atoms. The van der Waals surface area contributed by atoms with E-state index in [0.717, 1.165) is 0 Å². The summed E-state index contributed by atoms with van der Waals surface area (Å²) in [4.78, 5) is 5.51. The fraction of sp³-hybridized carbons (Fsp3) is 1.00. The van der Waals surface area contributed by atoms with Crippen molar-refractivity contribution in [2.24, 2.45) is 0 Å². The molecule has 0 fully saturated rings. The van der Waals surface area contributed by atoms with E-state index in [1.165, 1.54) is 17.7 Å². The topological polar surface area (TPSA) is 75.6 Å². The molecule has 0 saturated carbocycles. The van der Waals surface area contributed by atoms with Gasteiger partial charge in [-0.15, -0.1) is 0 Å². The van der Waals surface area contributed by atoms with E-state index in [1.54, 1.807) is 6.92 Å². The highest BCUT2D eigenvalue weighted by Crippen LogP contribution is 1.76. The van der Waals surface area contributed by atoms with Gasteiger partial charge in [-0.2, -0.15) is 8.42 Å². The maximum absolute atomic E-state index is 9.71. The van der Waals surface area contributed by atoms with Crippen LogP contribution in [-0.4, -0.2) is 19.6 Å². The third-order valence-electron chi connectivity index (χ3n) is 0.809. The summed E-state index contributed by atoms with van der Waals surface area (Å²) in [5, 5.41) is 0. The van der Waals surface area contributed by atoms with Gasteiger partial charge < -0.3 is 0 Å². The summed E-state index contributed by atoms with van der Waals surface area (Å²) in [6.07, 6.45) is 2.64. The Morgan fingerprint density at radius 2 is 1.67 bits per heavy atom. The van der Waals surface area contributed by atoms with Gasteiger partial charge in [0.15, 0.2) is 0 Å². The van der Waals surface area contributed by atoms with E-state index < -0.39 is 10.3 Å². The molecule has 0 aromatic heterocycles. The predicted molar refractivity (Wildman–Crippen MR) is 46.9 cm³/mol. The highest BCUT2D eigenvalue weighted by atomic mass is 32.2. The first-order valence-electron chi connectivity index (χ1n) is 3.83. The summed E-state index contributed by atoms with van der Waals surface area (Å²) < 4.78 is 27.3. The van der Waals surface area contributed by atoms with E-state index in [2.05, 4.69) is 18.7 Å². The molecule has 0 radical (unpaired) electrons. The molecule has 0 heterocycles. The van der Waals surface area contributed by atoms with Crippen molar-refractivity contribution in [3.8, 4) is 0 Å². The van der Waals surface area contributed by atoms with Crippen LogP contribution < -0.4 is 4.89 Å². The minimum absolute atomic E-state index is 0.180. The summed E-state index contributed by atoms with van der Waals surface area (Å²) in [5.41, 5.74) is 0. The minimum atomic E-state index is -4.16. The lowest BCUT2D eigenvalue weighted by Crippen LogP contribution is -2.22. The van der Waals surface area contributed by atoms with E-state index in [4.69, 9.17) is 4.55 Å². The first-order chi connectivity index (χ1) is 5.47. The zero-order valence-electron chi connectivity index (χ0n) is 7.70. The van der Waals surface area contributed by atoms with Crippen molar-refractivity contribution in [2.75, 3.05) is 6.61 Å². The Hall–Kier alpha value is -0.170. The van der Waals surface area contributed by atoms with Crippen LogP contribution in [0.15, 0.2) is 0 Å². The Labute approximate surface area is 74.0 Å². The van der Waals surface area contributed by atoms with E-state index in [-0.39, 0.29) is 6.61 Å². The quantitative estimate of drug-likeness (QED) is 0.526. The van der Waals surface area contributed by atoms with Gasteiger partial charge >= 0.3 is 10.3 Å². The zero-order valence-corrected chi connectivity index (χ0v) is 8.52. The molecule has 0 unspecified atom stereocenters. The molecule has 0 spiro atoms. The number of hydrogen-bond donors (Lipinski definition) is 2. The van der Waals surface area contributed by atoms with Crippen molar-refractivity contribution in [1.29, 1.82) is 0 Å². The highest BCUT2D eigenvalue weighted by Gasteiger charge is 1.98. The second kappa shape index (κ2) is 8.92. The van der Waals surface area contributed by atoms with E-state index in [1.807, 2.05) is 0 Å². The van der Waals surface area contributed by atoms with Gasteiger partial charge in [0.1, 0.15) is 0 Å². The molecule has 0 aromatic carbocycles. The standard InChI is InChI=1S/C4H10.C2H7NO4S/c1-3-4-2;1-2-7-3-8(4,5)6/h3-4H2,1-2H3;3H,2H2,1H3,(H,4,5,6). The van der Waals surface area contributed by atoms with Crippen molar-refractivity contribution in [3.05, 3.63) is 0 Å². The van der Waals surface area contributed by atoms with E-state index >= 15 is 0 Å². The van der Waals surface area contributed by atoms with Gasteiger partial charge in [0, 0.05) is 0 Å². The number of rotatable bonds is 4. The molecule has 0 aromatic rings. The Morgan fingerprint density at radius 3 is 1.75 bits per heavy atom. The Morgan fingerprint density at radius 1 is 1.25 bits per heavy atom. The van der Waals surface area contributed by atoms with Gasteiger partial charge in [-0.05, 0) is 6.92 Å². The number of hydrogen-bond acceptors (Lipinski definition) is 3. The zero-order chi connectivity index (χ0) is 10.0. The number of unbranched alkanes of at least 4 members (excludes halogenated alkanes) is 1. The average Bonchev–Trinajstić information content (AvgIpc) is 2.00. The molecular weight excluding hydrogens is 182 g/mol. The highest BCUT2D eigenvalue weighted by molar-refractivity contribution is 7.83. The molecule has 0 amide bonds. The molecule has 0 rings (SSSR count). The van der Waals surface area contributed by atoms with Gasteiger partial charge in [-0.1, -0.05) is 31.6 Å². The second-order valence-corrected chi connectivity index (χ2v) is 3.11. The summed E-state index contributed by atoms with van der Waals surface area (Å²) >= 11 is 0. The van der Waals surface area contributed by atoms with Gasteiger partial charge in [0.2, 0.25) is 0 Å². The fourth-order valence-corrected chi connectivity index (χ4v) is 0.400. The van der Waals surface area contributed by atoms with Crippen LogP contribution in [0.5, 0.6) is 0 Å². The van der Waals surface area contributed by atoms with Crippen LogP contribution in [0.1, 0.15) is 33.6 Å². The van der Waals surface area contributed by atoms with E-state index in [9.17, 15) is 8.42 Å². The van der Waals surface area contributed by atoms with Crippen LogP contribution in [0.2, 0.25) is 0 Å². The smallest absolute Gasteiger partial charge is 0.286 e. The molecule has 0 atom stereocenters. The van der Waals surface area contributed by atoms with Gasteiger partial charge in [0.05, 0.1) is 6.61 Å². The molecule has 2 N–H and O–H groups in total. The minimum Gasteiger partial charge on any atom is -0.286 e. The molecular formula is C6H17NO4S. The van der Waals surface area contributed by atoms with Crippen LogP contribution in [0.3, 0.4) is 0 Å². The maximum atomic E-state index is 9.71. The van der Waals surface area contributed by atoms with Crippen LogP contribution in [0.4, 0.5) is 0 Å². The molecule has 0 aliphatic carbocycles. The van der Waals surface area contributed by atoms with Crippen LogP contribution >= 0.6 is 0 Å². The summed E-state index contributed by atoms with van der Waals surface area (Å²) in [6.45, 7) is 6.12. The molecule has 0 bridgehead atoms. The summed E-state index contributed by atoms with van der Waals surface area (Å²) in [5.74, 6) is 0. The lowest BCUT2D eigenvalue weighted by Gasteiger charge is -1.95. The average molecular weight is 199 g/mol. The molecule has 76 valence electrons. The Balaban J connectivity index is 0. The monoisotopic (exact) mass is 199 g/mol. The Kier molecular flexibility index (Phi) is 10.7. The van der Waals surface area contributed by atoms with Crippen molar-refractivity contribution in [3.63, 3.8) is 0 Å². The molecule has 0 saturated heterocycles. The van der Waals surface area contributed by atoms with E-state index in [0.29, 0.717) is 0 Å². The summed E-state index contributed by atoms with van der Waals surface area (Å²) in [7, 11) is -4.16. The van der Waals surface area contributed by atoms with Crippen molar-refractivity contribution in [1.82, 2.24) is 4.89 Å².